The highest BCUT2D eigenvalue weighted by Gasteiger charge is 2.31. The molecule has 1 amide bonds. The van der Waals surface area contributed by atoms with Crippen molar-refractivity contribution in [1.29, 1.82) is 0 Å². The molecule has 0 aliphatic carbocycles. The molecular weight excluding hydrogens is 383 g/mol. The normalized spacial score (nSPS) is 12.1. The Kier molecular flexibility index (Phi) is 7.17. The summed E-state index contributed by atoms with van der Waals surface area (Å²) in [5.41, 5.74) is 0.723. The summed E-state index contributed by atoms with van der Waals surface area (Å²) in [5.74, 6) is -0.362. The summed E-state index contributed by atoms with van der Waals surface area (Å²) in [4.78, 5) is 12.8. The van der Waals surface area contributed by atoms with Crippen LogP contribution in [0.3, 0.4) is 0 Å². The van der Waals surface area contributed by atoms with Crippen LogP contribution >= 0.6 is 0 Å². The lowest BCUT2D eigenvalue weighted by Crippen LogP contribution is -2.47. The summed E-state index contributed by atoms with van der Waals surface area (Å²) in [6.07, 6.45) is 2.87. The molecule has 0 radical (unpaired) electrons. The Bertz CT molecular complexity index is 912. The van der Waals surface area contributed by atoms with E-state index in [2.05, 4.69) is 11.9 Å². The van der Waals surface area contributed by atoms with Crippen molar-refractivity contribution in [3.05, 3.63) is 67.0 Å². The van der Waals surface area contributed by atoms with Gasteiger partial charge in [-0.3, -0.25) is 9.10 Å². The quantitative estimate of drug-likeness (QED) is 0.646. The molecule has 0 unspecified atom stereocenters. The molecule has 2 aromatic rings. The molecule has 0 fully saturated rings. The molecule has 0 heterocycles. The van der Waals surface area contributed by atoms with E-state index in [0.29, 0.717) is 18.0 Å². The minimum absolute atomic E-state index is 0.221. The van der Waals surface area contributed by atoms with Gasteiger partial charge >= 0.3 is 0 Å². The van der Waals surface area contributed by atoms with E-state index in [9.17, 15) is 17.6 Å². The van der Waals surface area contributed by atoms with E-state index in [1.54, 1.807) is 37.3 Å². The molecule has 0 saturated carbocycles. The summed E-state index contributed by atoms with van der Waals surface area (Å²) in [6, 6.07) is 10.7. The fourth-order valence-electron chi connectivity index (χ4n) is 2.66. The van der Waals surface area contributed by atoms with Crippen LogP contribution in [0.5, 0.6) is 5.75 Å². The molecule has 1 atom stereocenters. The SMILES string of the molecule is C=CCOc1ccc(NC(=O)[C@H](CC)N(c2ccc(F)cc2)S(C)(=O)=O)cc1. The Labute approximate surface area is 164 Å². The molecule has 0 aliphatic heterocycles. The van der Waals surface area contributed by atoms with Crippen molar-refractivity contribution < 1.29 is 22.3 Å². The number of hydrogen-bond acceptors (Lipinski definition) is 4. The second-order valence-electron chi connectivity index (χ2n) is 6.07. The van der Waals surface area contributed by atoms with Crippen LogP contribution < -0.4 is 14.4 Å². The van der Waals surface area contributed by atoms with Crippen LogP contribution in [0.15, 0.2) is 61.2 Å². The van der Waals surface area contributed by atoms with Gasteiger partial charge in [-0.2, -0.15) is 0 Å². The summed E-state index contributed by atoms with van der Waals surface area (Å²) in [5, 5.41) is 2.72. The molecule has 2 rings (SSSR count). The van der Waals surface area contributed by atoms with Gasteiger partial charge in [-0.15, -0.1) is 0 Å². The third kappa shape index (κ3) is 5.56. The van der Waals surface area contributed by atoms with Gasteiger partial charge < -0.3 is 10.1 Å². The Morgan fingerprint density at radius 1 is 1.21 bits per heavy atom. The van der Waals surface area contributed by atoms with Crippen LogP contribution in [-0.4, -0.2) is 33.2 Å². The second-order valence-corrected chi connectivity index (χ2v) is 7.93. The number of amides is 1. The zero-order valence-corrected chi connectivity index (χ0v) is 16.6. The van der Waals surface area contributed by atoms with Gasteiger partial charge in [0.25, 0.3) is 0 Å². The smallest absolute Gasteiger partial charge is 0.248 e. The third-order valence-electron chi connectivity index (χ3n) is 3.90. The number of halogens is 1. The van der Waals surface area contributed by atoms with Crippen molar-refractivity contribution in [3.8, 4) is 5.75 Å². The topological polar surface area (TPSA) is 75.7 Å². The highest BCUT2D eigenvalue weighted by molar-refractivity contribution is 7.92. The third-order valence-corrected chi connectivity index (χ3v) is 5.08. The van der Waals surface area contributed by atoms with Crippen molar-refractivity contribution in [3.63, 3.8) is 0 Å². The second kappa shape index (κ2) is 9.36. The van der Waals surface area contributed by atoms with Gasteiger partial charge in [0.15, 0.2) is 0 Å². The summed E-state index contributed by atoms with van der Waals surface area (Å²) in [6.45, 7) is 5.64. The number of carbonyl (C=O) groups excluding carboxylic acids is 1. The maximum absolute atomic E-state index is 13.2. The number of hydrogen-bond donors (Lipinski definition) is 1. The van der Waals surface area contributed by atoms with E-state index in [1.165, 1.54) is 12.1 Å². The lowest BCUT2D eigenvalue weighted by molar-refractivity contribution is -0.117. The van der Waals surface area contributed by atoms with Crippen molar-refractivity contribution >= 4 is 27.3 Å². The van der Waals surface area contributed by atoms with Gasteiger partial charge in [0.05, 0.1) is 11.9 Å². The number of anilines is 2. The van der Waals surface area contributed by atoms with Crippen LogP contribution in [0.2, 0.25) is 0 Å². The van der Waals surface area contributed by atoms with Crippen LogP contribution in [0.25, 0.3) is 0 Å². The van der Waals surface area contributed by atoms with Crippen LogP contribution in [0.1, 0.15) is 13.3 Å². The zero-order valence-electron chi connectivity index (χ0n) is 15.8. The summed E-state index contributed by atoms with van der Waals surface area (Å²) >= 11 is 0. The molecule has 1 N–H and O–H groups in total. The standard InChI is InChI=1S/C20H23FN2O4S/c1-4-14-27-18-12-8-16(9-13-18)22-20(24)19(5-2)23(28(3,25)26)17-10-6-15(21)7-11-17/h4,6-13,19H,1,5,14H2,2-3H3,(H,22,24)/t19-/m0/s1. The minimum Gasteiger partial charge on any atom is -0.490 e. The van der Waals surface area contributed by atoms with Gasteiger partial charge in [-0.1, -0.05) is 19.6 Å². The van der Waals surface area contributed by atoms with Gasteiger partial charge in [0.1, 0.15) is 24.2 Å². The van der Waals surface area contributed by atoms with Gasteiger partial charge in [-0.05, 0) is 55.0 Å². The van der Waals surface area contributed by atoms with E-state index in [0.717, 1.165) is 22.7 Å². The van der Waals surface area contributed by atoms with E-state index in [4.69, 9.17) is 4.74 Å². The first kappa shape index (κ1) is 21.4. The highest BCUT2D eigenvalue weighted by atomic mass is 32.2. The number of carbonyl (C=O) groups is 1. The fraction of sp³-hybridized carbons (Fsp3) is 0.250. The monoisotopic (exact) mass is 406 g/mol. The van der Waals surface area contributed by atoms with E-state index >= 15 is 0 Å². The van der Waals surface area contributed by atoms with Crippen molar-refractivity contribution in [1.82, 2.24) is 0 Å². The average Bonchev–Trinajstić information content (AvgIpc) is 2.65. The predicted molar refractivity (Wildman–Crippen MR) is 109 cm³/mol. The zero-order chi connectivity index (χ0) is 20.7. The largest absolute Gasteiger partial charge is 0.490 e. The minimum atomic E-state index is -3.78. The van der Waals surface area contributed by atoms with E-state index in [-0.39, 0.29) is 12.1 Å². The van der Waals surface area contributed by atoms with E-state index < -0.39 is 27.8 Å². The first-order valence-corrected chi connectivity index (χ1v) is 10.5. The Morgan fingerprint density at radius 3 is 2.32 bits per heavy atom. The number of nitrogens with one attached hydrogen (secondary N) is 1. The molecular formula is C20H23FN2O4S. The maximum atomic E-state index is 13.2. The number of sulfonamides is 1. The Morgan fingerprint density at radius 2 is 1.82 bits per heavy atom. The number of ether oxygens (including phenoxy) is 1. The lowest BCUT2D eigenvalue weighted by atomic mass is 10.1. The first-order chi connectivity index (χ1) is 13.3. The number of rotatable bonds is 9. The molecule has 6 nitrogen and oxygen atoms in total. The number of nitrogens with zero attached hydrogens (tertiary/aromatic N) is 1. The first-order valence-electron chi connectivity index (χ1n) is 8.66. The van der Waals surface area contributed by atoms with Gasteiger partial charge in [0.2, 0.25) is 15.9 Å². The van der Waals surface area contributed by atoms with Gasteiger partial charge in [-0.25, -0.2) is 12.8 Å². The molecule has 150 valence electrons. The van der Waals surface area contributed by atoms with Gasteiger partial charge in [0, 0.05) is 5.69 Å². The number of benzene rings is 2. The molecule has 0 bridgehead atoms. The highest BCUT2D eigenvalue weighted by Crippen LogP contribution is 2.24. The summed E-state index contributed by atoms with van der Waals surface area (Å²) in [7, 11) is -3.78. The summed E-state index contributed by atoms with van der Waals surface area (Å²) < 4.78 is 44.3. The average molecular weight is 406 g/mol. The van der Waals surface area contributed by atoms with Crippen LogP contribution in [0, 0.1) is 5.82 Å². The van der Waals surface area contributed by atoms with Crippen molar-refractivity contribution in [2.24, 2.45) is 0 Å². The Balaban J connectivity index is 2.24. The van der Waals surface area contributed by atoms with Crippen molar-refractivity contribution in [2.75, 3.05) is 22.5 Å². The van der Waals surface area contributed by atoms with Crippen LogP contribution in [-0.2, 0) is 14.8 Å². The Hall–Kier alpha value is -2.87. The molecule has 0 saturated heterocycles. The van der Waals surface area contributed by atoms with Crippen LogP contribution in [0.4, 0.5) is 15.8 Å². The molecule has 0 aromatic heterocycles. The fourth-order valence-corrected chi connectivity index (χ4v) is 3.88. The molecule has 8 heteroatoms. The lowest BCUT2D eigenvalue weighted by Gasteiger charge is -2.30. The molecule has 0 aliphatic rings. The molecule has 2 aromatic carbocycles. The molecule has 28 heavy (non-hydrogen) atoms. The van der Waals surface area contributed by atoms with Crippen molar-refractivity contribution in [2.45, 2.75) is 19.4 Å². The maximum Gasteiger partial charge on any atom is 0.248 e. The van der Waals surface area contributed by atoms with E-state index in [1.807, 2.05) is 0 Å². The predicted octanol–water partition coefficient (Wildman–Crippen LogP) is 3.57. The molecule has 0 spiro atoms.